The van der Waals surface area contributed by atoms with Crippen LogP contribution in [0, 0.1) is 0 Å². The largest absolute Gasteiger partial charge is 0.328 e. The number of hydrogen-bond donors (Lipinski definition) is 2. The van der Waals surface area contributed by atoms with Crippen LogP contribution in [0.4, 0.5) is 0 Å². The second kappa shape index (κ2) is 7.39. The highest BCUT2D eigenvalue weighted by molar-refractivity contribution is 5.14. The van der Waals surface area contributed by atoms with Gasteiger partial charge in [0.25, 0.3) is 0 Å². The van der Waals surface area contributed by atoms with Crippen LogP contribution in [-0.4, -0.2) is 36.1 Å². The maximum atomic E-state index is 6.00. The first-order valence-corrected chi connectivity index (χ1v) is 8.57. The Morgan fingerprint density at radius 1 is 1.00 bits per heavy atom. The molecule has 2 aliphatic rings. The first-order chi connectivity index (χ1) is 10.3. The maximum Gasteiger partial charge on any atom is 0.0234 e. The number of benzene rings is 1. The van der Waals surface area contributed by atoms with Crippen LogP contribution in [0.3, 0.4) is 0 Å². The molecule has 1 aromatic rings. The monoisotopic (exact) mass is 287 g/mol. The van der Waals surface area contributed by atoms with Crippen molar-refractivity contribution in [2.75, 3.05) is 13.1 Å². The summed E-state index contributed by atoms with van der Waals surface area (Å²) < 4.78 is 0. The van der Waals surface area contributed by atoms with Crippen LogP contribution in [0.1, 0.15) is 44.1 Å². The fourth-order valence-corrected chi connectivity index (χ4v) is 3.80. The van der Waals surface area contributed by atoms with E-state index in [0.717, 1.165) is 6.54 Å². The fourth-order valence-electron chi connectivity index (χ4n) is 3.80. The lowest BCUT2D eigenvalue weighted by Gasteiger charge is -2.37. The van der Waals surface area contributed by atoms with Crippen LogP contribution in [0.5, 0.6) is 0 Å². The average molecular weight is 287 g/mol. The lowest BCUT2D eigenvalue weighted by atomic mass is 9.90. The Labute approximate surface area is 128 Å². The van der Waals surface area contributed by atoms with Crippen LogP contribution in [0.15, 0.2) is 30.3 Å². The summed E-state index contributed by atoms with van der Waals surface area (Å²) in [7, 11) is 0. The number of nitrogens with zero attached hydrogens (tertiary/aromatic N) is 1. The van der Waals surface area contributed by atoms with Crippen molar-refractivity contribution in [2.45, 2.75) is 63.2 Å². The Morgan fingerprint density at radius 3 is 2.52 bits per heavy atom. The van der Waals surface area contributed by atoms with E-state index in [0.29, 0.717) is 18.1 Å². The van der Waals surface area contributed by atoms with Gasteiger partial charge < -0.3 is 11.1 Å². The van der Waals surface area contributed by atoms with Crippen LogP contribution in [0.25, 0.3) is 0 Å². The Balaban J connectivity index is 1.47. The van der Waals surface area contributed by atoms with Crippen molar-refractivity contribution >= 4 is 0 Å². The minimum Gasteiger partial charge on any atom is -0.328 e. The lowest BCUT2D eigenvalue weighted by Crippen LogP contribution is -2.50. The molecule has 0 radical (unpaired) electrons. The minimum absolute atomic E-state index is 0.448. The van der Waals surface area contributed by atoms with Gasteiger partial charge in [-0.15, -0.1) is 0 Å². The molecule has 3 N–H and O–H groups in total. The molecule has 1 unspecified atom stereocenters. The summed E-state index contributed by atoms with van der Waals surface area (Å²) in [6.45, 7) is 3.52. The third kappa shape index (κ3) is 4.53. The summed E-state index contributed by atoms with van der Waals surface area (Å²) in [6, 6.07) is 12.7. The number of rotatable bonds is 4. The topological polar surface area (TPSA) is 41.3 Å². The summed E-state index contributed by atoms with van der Waals surface area (Å²) in [5, 5.41) is 3.90. The molecule has 3 rings (SSSR count). The average Bonchev–Trinajstić information content (AvgIpc) is 2.51. The Kier molecular flexibility index (Phi) is 5.28. The number of piperidine rings is 1. The van der Waals surface area contributed by atoms with E-state index in [4.69, 9.17) is 5.73 Å². The second-order valence-electron chi connectivity index (χ2n) is 6.84. The molecular weight excluding hydrogens is 258 g/mol. The zero-order valence-electron chi connectivity index (χ0n) is 13.0. The summed E-state index contributed by atoms with van der Waals surface area (Å²) in [5.74, 6) is 0. The van der Waals surface area contributed by atoms with Gasteiger partial charge in [0, 0.05) is 31.2 Å². The molecule has 1 saturated carbocycles. The van der Waals surface area contributed by atoms with Crippen LogP contribution < -0.4 is 11.1 Å². The molecule has 1 aliphatic heterocycles. The van der Waals surface area contributed by atoms with Gasteiger partial charge in [-0.1, -0.05) is 30.3 Å². The van der Waals surface area contributed by atoms with E-state index < -0.39 is 0 Å². The van der Waals surface area contributed by atoms with Gasteiger partial charge in [-0.3, -0.25) is 4.90 Å². The molecule has 2 fully saturated rings. The molecule has 1 heterocycles. The Morgan fingerprint density at radius 2 is 1.76 bits per heavy atom. The van der Waals surface area contributed by atoms with Gasteiger partial charge >= 0.3 is 0 Å². The van der Waals surface area contributed by atoms with Gasteiger partial charge in [0.15, 0.2) is 0 Å². The third-order valence-corrected chi connectivity index (χ3v) is 5.00. The Bertz CT molecular complexity index is 412. The molecular formula is C18H29N3. The molecule has 21 heavy (non-hydrogen) atoms. The van der Waals surface area contributed by atoms with Gasteiger partial charge in [0.05, 0.1) is 0 Å². The first kappa shape index (κ1) is 15.0. The van der Waals surface area contributed by atoms with E-state index in [-0.39, 0.29) is 0 Å². The molecule has 3 heteroatoms. The Hall–Kier alpha value is -0.900. The van der Waals surface area contributed by atoms with Crippen molar-refractivity contribution in [3.05, 3.63) is 35.9 Å². The van der Waals surface area contributed by atoms with Gasteiger partial charge in [-0.05, 0) is 50.6 Å². The van der Waals surface area contributed by atoms with Crippen LogP contribution in [-0.2, 0) is 6.54 Å². The van der Waals surface area contributed by atoms with Crippen LogP contribution in [0.2, 0.25) is 0 Å². The highest BCUT2D eigenvalue weighted by Gasteiger charge is 2.24. The van der Waals surface area contributed by atoms with E-state index in [1.807, 2.05) is 0 Å². The van der Waals surface area contributed by atoms with Gasteiger partial charge in [-0.2, -0.15) is 0 Å². The zero-order valence-corrected chi connectivity index (χ0v) is 13.0. The summed E-state index contributed by atoms with van der Waals surface area (Å²) in [4.78, 5) is 2.60. The van der Waals surface area contributed by atoms with Gasteiger partial charge in [0.2, 0.25) is 0 Å². The lowest BCUT2D eigenvalue weighted by molar-refractivity contribution is 0.167. The van der Waals surface area contributed by atoms with Gasteiger partial charge in [-0.25, -0.2) is 0 Å². The quantitative estimate of drug-likeness (QED) is 0.894. The highest BCUT2D eigenvalue weighted by atomic mass is 15.2. The van der Waals surface area contributed by atoms with Crippen molar-refractivity contribution in [2.24, 2.45) is 5.73 Å². The molecule has 0 bridgehead atoms. The smallest absolute Gasteiger partial charge is 0.0234 e. The van der Waals surface area contributed by atoms with Crippen molar-refractivity contribution in [3.8, 4) is 0 Å². The van der Waals surface area contributed by atoms with Crippen molar-refractivity contribution in [1.29, 1.82) is 0 Å². The van der Waals surface area contributed by atoms with Crippen molar-refractivity contribution < 1.29 is 0 Å². The number of likely N-dealkylation sites (tertiary alicyclic amines) is 1. The van der Waals surface area contributed by atoms with E-state index in [1.54, 1.807) is 0 Å². The van der Waals surface area contributed by atoms with Crippen LogP contribution >= 0.6 is 0 Å². The molecule has 116 valence electrons. The maximum absolute atomic E-state index is 6.00. The molecule has 1 aliphatic carbocycles. The summed E-state index contributed by atoms with van der Waals surface area (Å²) >= 11 is 0. The number of hydrogen-bond acceptors (Lipinski definition) is 3. The second-order valence-corrected chi connectivity index (χ2v) is 6.84. The molecule has 0 aromatic heterocycles. The predicted molar refractivity (Wildman–Crippen MR) is 88.1 cm³/mol. The fraction of sp³-hybridized carbons (Fsp3) is 0.667. The molecule has 1 saturated heterocycles. The molecule has 3 nitrogen and oxygen atoms in total. The third-order valence-electron chi connectivity index (χ3n) is 5.00. The molecule has 0 amide bonds. The number of nitrogens with two attached hydrogens (primary N) is 1. The van der Waals surface area contributed by atoms with E-state index >= 15 is 0 Å². The standard InChI is InChI=1S/C18H29N3/c19-16-8-10-17(11-9-16)20-18-7-4-12-21(14-18)13-15-5-2-1-3-6-15/h1-3,5-6,16-18,20H,4,7-14,19H2. The SMILES string of the molecule is NC1CCC(NC2CCCN(Cc3ccccc3)C2)CC1. The zero-order chi connectivity index (χ0) is 14.5. The highest BCUT2D eigenvalue weighted by Crippen LogP contribution is 2.20. The van der Waals surface area contributed by atoms with E-state index in [1.165, 1.54) is 57.2 Å². The summed E-state index contributed by atoms with van der Waals surface area (Å²) in [5.41, 5.74) is 7.43. The predicted octanol–water partition coefficient (Wildman–Crippen LogP) is 2.51. The number of nitrogens with one attached hydrogen (secondary N) is 1. The normalized spacial score (nSPS) is 31.2. The molecule has 0 spiro atoms. The van der Waals surface area contributed by atoms with Gasteiger partial charge in [0.1, 0.15) is 0 Å². The minimum atomic E-state index is 0.448. The van der Waals surface area contributed by atoms with E-state index in [9.17, 15) is 0 Å². The molecule has 1 aromatic carbocycles. The first-order valence-electron chi connectivity index (χ1n) is 8.57. The molecule has 1 atom stereocenters. The van der Waals surface area contributed by atoms with E-state index in [2.05, 4.69) is 40.5 Å². The van der Waals surface area contributed by atoms with Crippen molar-refractivity contribution in [1.82, 2.24) is 10.2 Å². The summed E-state index contributed by atoms with van der Waals surface area (Å²) in [6.07, 6.45) is 7.55. The van der Waals surface area contributed by atoms with Crippen molar-refractivity contribution in [3.63, 3.8) is 0 Å².